The van der Waals surface area contributed by atoms with Crippen LogP contribution in [0.25, 0.3) is 10.9 Å². The van der Waals surface area contributed by atoms with E-state index in [9.17, 15) is 9.59 Å². The number of nitrogens with zero attached hydrogens (tertiary/aromatic N) is 3. The highest BCUT2D eigenvalue weighted by molar-refractivity contribution is 7.98. The zero-order chi connectivity index (χ0) is 23.5. The zero-order valence-corrected chi connectivity index (χ0v) is 19.5. The molecule has 0 aliphatic rings. The number of nitrogens with one attached hydrogen (secondary N) is 1. The Morgan fingerprint density at radius 2 is 1.97 bits per heavy atom. The first kappa shape index (κ1) is 22.6. The number of pyridine rings is 1. The SMILES string of the molecule is CCn1c(COc2cc(C)ccc2C)nnc1SCc1cc(=O)c2cc(C(N)=O)ccc2[nH]1. The van der Waals surface area contributed by atoms with Crippen LogP contribution in [-0.4, -0.2) is 25.7 Å². The number of amides is 1. The number of aromatic amines is 1. The highest BCUT2D eigenvalue weighted by Gasteiger charge is 2.14. The molecule has 0 saturated heterocycles. The molecular formula is C24H25N5O3S. The molecule has 4 aromatic rings. The fourth-order valence-electron chi connectivity index (χ4n) is 3.53. The Labute approximate surface area is 195 Å². The summed E-state index contributed by atoms with van der Waals surface area (Å²) in [6.45, 7) is 7.09. The first-order valence-electron chi connectivity index (χ1n) is 10.6. The van der Waals surface area contributed by atoms with Gasteiger partial charge in [-0.25, -0.2) is 0 Å². The molecule has 0 aliphatic carbocycles. The van der Waals surface area contributed by atoms with Crippen LogP contribution >= 0.6 is 11.8 Å². The second kappa shape index (κ2) is 9.50. The number of hydrogen-bond acceptors (Lipinski definition) is 6. The number of ether oxygens (including phenoxy) is 1. The Balaban J connectivity index is 1.49. The number of aryl methyl sites for hydroxylation is 2. The van der Waals surface area contributed by atoms with Gasteiger partial charge in [0.05, 0.1) is 0 Å². The van der Waals surface area contributed by atoms with Crippen molar-refractivity contribution in [2.24, 2.45) is 5.73 Å². The maximum Gasteiger partial charge on any atom is 0.248 e. The summed E-state index contributed by atoms with van der Waals surface area (Å²) in [6, 6.07) is 12.5. The molecule has 8 nitrogen and oxygen atoms in total. The molecule has 0 fully saturated rings. The Morgan fingerprint density at radius 3 is 2.73 bits per heavy atom. The summed E-state index contributed by atoms with van der Waals surface area (Å²) in [6.07, 6.45) is 0. The lowest BCUT2D eigenvalue weighted by atomic mass is 10.1. The topological polar surface area (TPSA) is 116 Å². The molecule has 33 heavy (non-hydrogen) atoms. The van der Waals surface area contributed by atoms with E-state index in [1.54, 1.807) is 12.1 Å². The molecule has 1 amide bonds. The average Bonchev–Trinajstić information content (AvgIpc) is 3.19. The summed E-state index contributed by atoms with van der Waals surface area (Å²) in [5.41, 5.74) is 9.07. The fourth-order valence-corrected chi connectivity index (χ4v) is 4.46. The van der Waals surface area contributed by atoms with Gasteiger partial charge in [0.15, 0.2) is 16.4 Å². The second-order valence-electron chi connectivity index (χ2n) is 7.77. The number of H-pyrrole nitrogens is 1. The molecule has 9 heteroatoms. The highest BCUT2D eigenvalue weighted by Crippen LogP contribution is 2.24. The van der Waals surface area contributed by atoms with Crippen LogP contribution in [0.4, 0.5) is 0 Å². The van der Waals surface area contributed by atoms with Gasteiger partial charge in [0, 0.05) is 40.5 Å². The largest absolute Gasteiger partial charge is 0.485 e. The molecule has 0 unspecified atom stereocenters. The van der Waals surface area contributed by atoms with E-state index in [-0.39, 0.29) is 5.43 Å². The Morgan fingerprint density at radius 1 is 1.15 bits per heavy atom. The van der Waals surface area contributed by atoms with Crippen molar-refractivity contribution in [3.63, 3.8) is 0 Å². The number of carbonyl (C=O) groups excluding carboxylic acids is 1. The molecule has 0 radical (unpaired) electrons. The average molecular weight is 464 g/mol. The van der Waals surface area contributed by atoms with Crippen LogP contribution in [0.2, 0.25) is 0 Å². The number of benzene rings is 2. The standard InChI is InChI=1S/C24H25N5O3S/c1-4-29-22(12-32-21-9-14(2)5-6-15(21)3)27-28-24(29)33-13-17-11-20(30)18-10-16(23(25)31)7-8-19(18)26-17/h5-11H,4,12-13H2,1-3H3,(H2,25,31)(H,26,30). The van der Waals surface area contributed by atoms with Crippen LogP contribution < -0.4 is 15.9 Å². The van der Waals surface area contributed by atoms with Crippen LogP contribution in [0, 0.1) is 13.8 Å². The van der Waals surface area contributed by atoms with Crippen molar-refractivity contribution in [3.05, 3.63) is 80.9 Å². The summed E-state index contributed by atoms with van der Waals surface area (Å²) in [7, 11) is 0. The number of nitrogens with two attached hydrogens (primary N) is 1. The van der Waals surface area contributed by atoms with E-state index in [1.165, 1.54) is 23.9 Å². The number of aromatic nitrogens is 4. The van der Waals surface area contributed by atoms with Crippen LogP contribution in [0.1, 0.15) is 39.9 Å². The number of fused-ring (bicyclic) bond motifs is 1. The molecule has 0 spiro atoms. The lowest BCUT2D eigenvalue weighted by Gasteiger charge is -2.11. The third-order valence-electron chi connectivity index (χ3n) is 5.34. The lowest BCUT2D eigenvalue weighted by Crippen LogP contribution is -2.12. The van der Waals surface area contributed by atoms with Crippen molar-refractivity contribution in [3.8, 4) is 5.75 Å². The van der Waals surface area contributed by atoms with E-state index >= 15 is 0 Å². The molecule has 2 heterocycles. The molecule has 2 aromatic carbocycles. The van der Waals surface area contributed by atoms with E-state index in [4.69, 9.17) is 10.5 Å². The molecule has 0 bridgehead atoms. The summed E-state index contributed by atoms with van der Waals surface area (Å²) in [5.74, 6) is 1.53. The van der Waals surface area contributed by atoms with Gasteiger partial charge in [0.25, 0.3) is 0 Å². The number of thioether (sulfide) groups is 1. The van der Waals surface area contributed by atoms with E-state index < -0.39 is 5.91 Å². The maximum absolute atomic E-state index is 12.6. The maximum atomic E-state index is 12.6. The van der Waals surface area contributed by atoms with Gasteiger partial charge in [-0.1, -0.05) is 23.9 Å². The van der Waals surface area contributed by atoms with Crippen LogP contribution in [0.15, 0.2) is 52.4 Å². The van der Waals surface area contributed by atoms with E-state index in [0.29, 0.717) is 35.4 Å². The van der Waals surface area contributed by atoms with Gasteiger partial charge in [-0.15, -0.1) is 10.2 Å². The van der Waals surface area contributed by atoms with Gasteiger partial charge < -0.3 is 20.0 Å². The molecular weight excluding hydrogens is 438 g/mol. The third kappa shape index (κ3) is 4.93. The molecule has 0 saturated carbocycles. The van der Waals surface area contributed by atoms with Gasteiger partial charge in [0.2, 0.25) is 5.91 Å². The summed E-state index contributed by atoms with van der Waals surface area (Å²) < 4.78 is 8.01. The van der Waals surface area contributed by atoms with Crippen molar-refractivity contribution in [2.75, 3.05) is 0 Å². The molecule has 0 atom stereocenters. The van der Waals surface area contributed by atoms with Crippen LogP contribution in [0.5, 0.6) is 5.75 Å². The minimum Gasteiger partial charge on any atom is -0.485 e. The smallest absolute Gasteiger partial charge is 0.248 e. The number of primary amides is 1. The third-order valence-corrected chi connectivity index (χ3v) is 6.35. The van der Waals surface area contributed by atoms with Gasteiger partial charge in [-0.3, -0.25) is 9.59 Å². The van der Waals surface area contributed by atoms with Crippen molar-refractivity contribution in [1.29, 1.82) is 0 Å². The van der Waals surface area contributed by atoms with Gasteiger partial charge >= 0.3 is 0 Å². The monoisotopic (exact) mass is 463 g/mol. The fraction of sp³-hybridized carbons (Fsp3) is 0.250. The lowest BCUT2D eigenvalue weighted by molar-refractivity contribution is 0.100. The van der Waals surface area contributed by atoms with Crippen LogP contribution in [0.3, 0.4) is 0 Å². The van der Waals surface area contributed by atoms with Gasteiger partial charge in [-0.2, -0.15) is 0 Å². The first-order valence-corrected chi connectivity index (χ1v) is 11.5. The number of carbonyl (C=O) groups is 1. The number of rotatable bonds is 8. The molecule has 4 rings (SSSR count). The Hall–Kier alpha value is -3.59. The predicted octanol–water partition coefficient (Wildman–Crippen LogP) is 3.73. The van der Waals surface area contributed by atoms with Gasteiger partial charge in [0.1, 0.15) is 12.4 Å². The predicted molar refractivity (Wildman–Crippen MR) is 129 cm³/mol. The van der Waals surface area contributed by atoms with E-state index in [0.717, 1.165) is 33.6 Å². The van der Waals surface area contributed by atoms with E-state index in [2.05, 4.69) is 21.2 Å². The van der Waals surface area contributed by atoms with E-state index in [1.807, 2.05) is 37.5 Å². The van der Waals surface area contributed by atoms with Crippen molar-refractivity contribution in [1.82, 2.24) is 19.7 Å². The summed E-state index contributed by atoms with van der Waals surface area (Å²) in [5, 5.41) is 9.82. The summed E-state index contributed by atoms with van der Waals surface area (Å²) in [4.78, 5) is 27.2. The molecule has 2 aromatic heterocycles. The molecule has 0 aliphatic heterocycles. The highest BCUT2D eigenvalue weighted by atomic mass is 32.2. The van der Waals surface area contributed by atoms with Crippen molar-refractivity contribution in [2.45, 2.75) is 44.8 Å². The van der Waals surface area contributed by atoms with Crippen LogP contribution in [-0.2, 0) is 18.9 Å². The van der Waals surface area contributed by atoms with Crippen molar-refractivity contribution >= 4 is 28.6 Å². The minimum atomic E-state index is -0.563. The molecule has 3 N–H and O–H groups in total. The van der Waals surface area contributed by atoms with Gasteiger partial charge in [-0.05, 0) is 56.2 Å². The zero-order valence-electron chi connectivity index (χ0n) is 18.7. The molecule has 170 valence electrons. The quantitative estimate of drug-likeness (QED) is 0.385. The van der Waals surface area contributed by atoms with Crippen molar-refractivity contribution < 1.29 is 9.53 Å². The minimum absolute atomic E-state index is 0.165. The summed E-state index contributed by atoms with van der Waals surface area (Å²) >= 11 is 1.49. The number of hydrogen-bond donors (Lipinski definition) is 2. The first-order chi connectivity index (χ1) is 15.9. The second-order valence-corrected chi connectivity index (χ2v) is 8.72. The Kier molecular flexibility index (Phi) is 6.50. The normalized spacial score (nSPS) is 11.1. The Bertz CT molecular complexity index is 1390.